The molecule has 0 aromatic rings. The van der Waals surface area contributed by atoms with Crippen molar-refractivity contribution in [2.45, 2.75) is 39.5 Å². The fraction of sp³-hybridized carbons (Fsp3) is 0.938. The van der Waals surface area contributed by atoms with Crippen LogP contribution in [0.5, 0.6) is 0 Å². The van der Waals surface area contributed by atoms with Gasteiger partial charge in [-0.2, -0.15) is 0 Å². The second-order valence-electron chi connectivity index (χ2n) is 6.13. The van der Waals surface area contributed by atoms with Crippen molar-refractivity contribution in [2.75, 3.05) is 52.2 Å². The van der Waals surface area contributed by atoms with E-state index in [-0.39, 0.29) is 29.7 Å². The van der Waals surface area contributed by atoms with Crippen molar-refractivity contribution in [1.29, 1.82) is 0 Å². The minimum Gasteiger partial charge on any atom is -0.381 e. The number of hydrogen-bond acceptors (Lipinski definition) is 4. The van der Waals surface area contributed by atoms with Gasteiger partial charge in [0.1, 0.15) is 0 Å². The first kappa shape index (κ1) is 24.9. The highest BCUT2D eigenvalue weighted by atomic mass is 127. The average molecular weight is 490 g/mol. The molecule has 1 rings (SSSR count). The summed E-state index contributed by atoms with van der Waals surface area (Å²) < 4.78 is 30.3. The minimum atomic E-state index is -3.09. The average Bonchev–Trinajstić information content (AvgIpc) is 3.38. The SMILES string of the molecule is CCNC(=NCCCOCC1CC1)NCCCN(C)S(=O)(=O)CC.I. The molecule has 0 heterocycles. The predicted octanol–water partition coefficient (Wildman–Crippen LogP) is 1.65. The van der Waals surface area contributed by atoms with Crippen LogP contribution >= 0.6 is 24.0 Å². The van der Waals surface area contributed by atoms with Crippen LogP contribution in [-0.2, 0) is 14.8 Å². The molecule has 1 saturated carbocycles. The second kappa shape index (κ2) is 14.0. The molecule has 0 atom stereocenters. The summed E-state index contributed by atoms with van der Waals surface area (Å²) in [6.07, 6.45) is 4.30. The molecule has 0 unspecified atom stereocenters. The number of ether oxygens (including phenoxy) is 1. The summed E-state index contributed by atoms with van der Waals surface area (Å²) in [5.41, 5.74) is 0. The molecule has 25 heavy (non-hydrogen) atoms. The Kier molecular flexibility index (Phi) is 13.9. The van der Waals surface area contributed by atoms with Crippen molar-refractivity contribution >= 4 is 40.0 Å². The van der Waals surface area contributed by atoms with Crippen LogP contribution in [0.25, 0.3) is 0 Å². The fourth-order valence-electron chi connectivity index (χ4n) is 2.10. The van der Waals surface area contributed by atoms with Crippen LogP contribution in [0.3, 0.4) is 0 Å². The van der Waals surface area contributed by atoms with E-state index in [0.717, 1.165) is 51.0 Å². The molecule has 7 nitrogen and oxygen atoms in total. The molecule has 0 saturated heterocycles. The lowest BCUT2D eigenvalue weighted by Crippen LogP contribution is -2.39. The first-order valence-corrected chi connectivity index (χ1v) is 10.6. The van der Waals surface area contributed by atoms with Gasteiger partial charge in [0, 0.05) is 46.4 Å². The molecule has 9 heteroatoms. The van der Waals surface area contributed by atoms with E-state index >= 15 is 0 Å². The Bertz CT molecular complexity index is 470. The van der Waals surface area contributed by atoms with Gasteiger partial charge in [0.25, 0.3) is 0 Å². The van der Waals surface area contributed by atoms with E-state index in [0.29, 0.717) is 13.1 Å². The van der Waals surface area contributed by atoms with E-state index in [9.17, 15) is 8.42 Å². The highest BCUT2D eigenvalue weighted by Gasteiger charge is 2.20. The van der Waals surface area contributed by atoms with Crippen molar-refractivity contribution in [3.8, 4) is 0 Å². The van der Waals surface area contributed by atoms with Crippen molar-refractivity contribution in [2.24, 2.45) is 10.9 Å². The number of nitrogens with zero attached hydrogens (tertiary/aromatic N) is 2. The van der Waals surface area contributed by atoms with Crippen LogP contribution in [0, 0.1) is 5.92 Å². The van der Waals surface area contributed by atoms with Gasteiger partial charge in [-0.05, 0) is 45.4 Å². The summed E-state index contributed by atoms with van der Waals surface area (Å²) in [5.74, 6) is 1.73. The normalized spacial score (nSPS) is 15.1. The van der Waals surface area contributed by atoms with Crippen LogP contribution in [-0.4, -0.2) is 70.9 Å². The van der Waals surface area contributed by atoms with Gasteiger partial charge in [-0.3, -0.25) is 4.99 Å². The van der Waals surface area contributed by atoms with E-state index in [1.54, 1.807) is 14.0 Å². The zero-order valence-electron chi connectivity index (χ0n) is 15.8. The van der Waals surface area contributed by atoms with Crippen LogP contribution in [0.15, 0.2) is 4.99 Å². The second-order valence-corrected chi connectivity index (χ2v) is 8.50. The van der Waals surface area contributed by atoms with Gasteiger partial charge in [0.15, 0.2) is 5.96 Å². The van der Waals surface area contributed by atoms with Gasteiger partial charge >= 0.3 is 0 Å². The molecule has 0 radical (unpaired) electrons. The Morgan fingerprint density at radius 3 is 2.56 bits per heavy atom. The van der Waals surface area contributed by atoms with Crippen molar-refractivity contribution in [3.05, 3.63) is 0 Å². The predicted molar refractivity (Wildman–Crippen MR) is 114 cm³/mol. The van der Waals surface area contributed by atoms with Gasteiger partial charge in [0.2, 0.25) is 10.0 Å². The Hall–Kier alpha value is -0.130. The van der Waals surface area contributed by atoms with Crippen LogP contribution < -0.4 is 10.6 Å². The summed E-state index contributed by atoms with van der Waals surface area (Å²) in [6, 6.07) is 0. The molecule has 0 aromatic carbocycles. The molecular weight excluding hydrogens is 455 g/mol. The molecule has 1 fully saturated rings. The van der Waals surface area contributed by atoms with Gasteiger partial charge < -0.3 is 15.4 Å². The number of hydrogen-bond donors (Lipinski definition) is 2. The number of guanidine groups is 1. The third-order valence-corrected chi connectivity index (χ3v) is 5.76. The van der Waals surface area contributed by atoms with Crippen molar-refractivity contribution in [3.63, 3.8) is 0 Å². The first-order valence-electron chi connectivity index (χ1n) is 9.03. The lowest BCUT2D eigenvalue weighted by molar-refractivity contribution is 0.123. The lowest BCUT2D eigenvalue weighted by atomic mass is 10.4. The largest absolute Gasteiger partial charge is 0.381 e. The topological polar surface area (TPSA) is 83.0 Å². The highest BCUT2D eigenvalue weighted by Crippen LogP contribution is 2.28. The molecule has 2 N–H and O–H groups in total. The van der Waals surface area contributed by atoms with E-state index in [1.165, 1.54) is 17.1 Å². The monoisotopic (exact) mass is 490 g/mol. The van der Waals surface area contributed by atoms with Crippen LogP contribution in [0.2, 0.25) is 0 Å². The third-order valence-electron chi connectivity index (χ3n) is 3.89. The molecular formula is C16H35IN4O3S. The smallest absolute Gasteiger partial charge is 0.213 e. The maximum atomic E-state index is 11.7. The molecule has 0 amide bonds. The number of nitrogens with one attached hydrogen (secondary N) is 2. The molecule has 1 aliphatic rings. The maximum absolute atomic E-state index is 11.7. The summed E-state index contributed by atoms with van der Waals surface area (Å²) in [4.78, 5) is 4.51. The van der Waals surface area contributed by atoms with Crippen LogP contribution in [0.4, 0.5) is 0 Å². The third kappa shape index (κ3) is 12.0. The summed E-state index contributed by atoms with van der Waals surface area (Å²) in [6.45, 7) is 8.07. The van der Waals surface area contributed by atoms with E-state index in [2.05, 4.69) is 15.6 Å². The molecule has 1 aliphatic carbocycles. The molecule has 0 aromatic heterocycles. The Morgan fingerprint density at radius 1 is 1.24 bits per heavy atom. The maximum Gasteiger partial charge on any atom is 0.213 e. The first-order chi connectivity index (χ1) is 11.5. The summed E-state index contributed by atoms with van der Waals surface area (Å²) >= 11 is 0. The Labute approximate surface area is 170 Å². The highest BCUT2D eigenvalue weighted by molar-refractivity contribution is 14.0. The molecule has 150 valence electrons. The van der Waals surface area contributed by atoms with Gasteiger partial charge in [-0.1, -0.05) is 0 Å². The van der Waals surface area contributed by atoms with E-state index in [4.69, 9.17) is 4.74 Å². The van der Waals surface area contributed by atoms with Gasteiger partial charge in [-0.15, -0.1) is 24.0 Å². The number of aliphatic imine (C=N–C) groups is 1. The number of halogens is 1. The zero-order chi connectivity index (χ0) is 17.8. The fourth-order valence-corrected chi connectivity index (χ4v) is 2.95. The quantitative estimate of drug-likeness (QED) is 0.178. The minimum absolute atomic E-state index is 0. The zero-order valence-corrected chi connectivity index (χ0v) is 18.9. The van der Waals surface area contributed by atoms with Gasteiger partial charge in [-0.25, -0.2) is 12.7 Å². The summed E-state index contributed by atoms with van der Waals surface area (Å²) in [7, 11) is -1.46. The molecule has 0 aliphatic heterocycles. The molecule has 0 spiro atoms. The summed E-state index contributed by atoms with van der Waals surface area (Å²) in [5, 5.41) is 6.44. The van der Waals surface area contributed by atoms with Gasteiger partial charge in [0.05, 0.1) is 5.75 Å². The Morgan fingerprint density at radius 2 is 1.96 bits per heavy atom. The number of sulfonamides is 1. The van der Waals surface area contributed by atoms with E-state index < -0.39 is 10.0 Å². The van der Waals surface area contributed by atoms with Crippen LogP contribution in [0.1, 0.15) is 39.5 Å². The molecule has 0 bridgehead atoms. The Balaban J connectivity index is 0.00000576. The van der Waals surface area contributed by atoms with E-state index in [1.807, 2.05) is 6.92 Å². The van der Waals surface area contributed by atoms with Crippen molar-refractivity contribution in [1.82, 2.24) is 14.9 Å². The lowest BCUT2D eigenvalue weighted by Gasteiger charge is -2.16. The van der Waals surface area contributed by atoms with Crippen molar-refractivity contribution < 1.29 is 13.2 Å². The standard InChI is InChI=1S/C16H34N4O3S.HI/c1-4-17-16(19-11-7-13-23-14-15-8-9-15)18-10-6-12-20(3)24(21,22)5-2;/h15H,4-14H2,1-3H3,(H2,17,18,19);1H. The number of rotatable bonds is 13.